The average Bonchev–Trinajstić information content (AvgIpc) is 2.89. The summed E-state index contributed by atoms with van der Waals surface area (Å²) in [6, 6.07) is 22.2. The first-order valence-corrected chi connectivity index (χ1v) is 13.3. The van der Waals surface area contributed by atoms with E-state index in [-0.39, 0.29) is 17.3 Å². The van der Waals surface area contributed by atoms with Crippen molar-refractivity contribution in [1.29, 1.82) is 0 Å². The molecule has 190 valence electrons. The van der Waals surface area contributed by atoms with Gasteiger partial charge in [-0.25, -0.2) is 8.42 Å². The second kappa shape index (κ2) is 11.9. The molecule has 7 nitrogen and oxygen atoms in total. The first kappa shape index (κ1) is 26.9. The summed E-state index contributed by atoms with van der Waals surface area (Å²) in [5, 5.41) is 2.63. The fraction of sp³-hybridized carbons (Fsp3) is 0.286. The maximum absolute atomic E-state index is 13.9. The van der Waals surface area contributed by atoms with Gasteiger partial charge in [-0.3, -0.25) is 13.9 Å². The predicted molar refractivity (Wildman–Crippen MR) is 142 cm³/mol. The Hall–Kier alpha value is -3.65. The number of nitrogens with zero attached hydrogens (tertiary/aromatic N) is 2. The minimum absolute atomic E-state index is 0.0895. The summed E-state index contributed by atoms with van der Waals surface area (Å²) < 4.78 is 28.8. The minimum atomic E-state index is -4.07. The van der Waals surface area contributed by atoms with Gasteiger partial charge >= 0.3 is 0 Å². The van der Waals surface area contributed by atoms with Crippen LogP contribution in [0, 0.1) is 13.8 Å². The number of hydrogen-bond acceptors (Lipinski definition) is 4. The third-order valence-electron chi connectivity index (χ3n) is 6.07. The molecule has 0 fully saturated rings. The first-order valence-electron chi connectivity index (χ1n) is 11.9. The molecule has 0 aliphatic carbocycles. The standard InChI is InChI=1S/C28H33N3O4S/c1-5-25(28(33)29-4)30(19-23-12-8-6-9-13-23)27(32)20-31(26-18-21(2)16-17-22(26)3)36(34,35)24-14-10-7-11-15-24/h6-18,25H,5,19-20H2,1-4H3,(H,29,33)/t25-/m1/s1. The number of carbonyl (C=O) groups excluding carboxylic acids is 2. The highest BCUT2D eigenvalue weighted by atomic mass is 32.2. The topological polar surface area (TPSA) is 86.8 Å². The predicted octanol–water partition coefficient (Wildman–Crippen LogP) is 4.05. The molecular weight excluding hydrogens is 474 g/mol. The lowest BCUT2D eigenvalue weighted by molar-refractivity contribution is -0.140. The van der Waals surface area contributed by atoms with Crippen molar-refractivity contribution in [3.63, 3.8) is 0 Å². The number of aryl methyl sites for hydroxylation is 2. The Morgan fingerprint density at radius 2 is 1.53 bits per heavy atom. The Morgan fingerprint density at radius 1 is 0.917 bits per heavy atom. The second-order valence-corrected chi connectivity index (χ2v) is 10.5. The van der Waals surface area contributed by atoms with Gasteiger partial charge in [-0.15, -0.1) is 0 Å². The van der Waals surface area contributed by atoms with E-state index >= 15 is 0 Å². The van der Waals surface area contributed by atoms with Gasteiger partial charge in [-0.05, 0) is 55.2 Å². The summed E-state index contributed by atoms with van der Waals surface area (Å²) in [6.07, 6.45) is 0.382. The molecule has 0 aliphatic rings. The van der Waals surface area contributed by atoms with Crippen molar-refractivity contribution in [3.05, 3.63) is 95.6 Å². The zero-order chi connectivity index (χ0) is 26.3. The van der Waals surface area contributed by atoms with E-state index in [4.69, 9.17) is 0 Å². The van der Waals surface area contributed by atoms with Crippen LogP contribution in [0.5, 0.6) is 0 Å². The van der Waals surface area contributed by atoms with Crippen molar-refractivity contribution < 1.29 is 18.0 Å². The third-order valence-corrected chi connectivity index (χ3v) is 7.85. The van der Waals surface area contributed by atoms with Crippen LogP contribution in [0.15, 0.2) is 83.8 Å². The molecule has 2 amide bonds. The van der Waals surface area contributed by atoms with Gasteiger partial charge in [0.25, 0.3) is 10.0 Å². The zero-order valence-corrected chi connectivity index (χ0v) is 22.0. The fourth-order valence-electron chi connectivity index (χ4n) is 4.09. The highest BCUT2D eigenvalue weighted by Gasteiger charge is 2.33. The van der Waals surface area contributed by atoms with Gasteiger partial charge < -0.3 is 10.2 Å². The molecular formula is C28H33N3O4S. The number of benzene rings is 3. The lowest BCUT2D eigenvalue weighted by atomic mass is 10.1. The summed E-state index contributed by atoms with van der Waals surface area (Å²) in [4.78, 5) is 28.1. The van der Waals surface area contributed by atoms with Crippen molar-refractivity contribution in [2.24, 2.45) is 0 Å². The summed E-state index contributed by atoms with van der Waals surface area (Å²) in [7, 11) is -2.54. The second-order valence-electron chi connectivity index (χ2n) is 8.66. The Bertz CT molecular complexity index is 1290. The van der Waals surface area contributed by atoms with Gasteiger partial charge in [0.1, 0.15) is 12.6 Å². The molecule has 1 N–H and O–H groups in total. The molecule has 3 aromatic rings. The van der Waals surface area contributed by atoms with Gasteiger partial charge in [-0.1, -0.05) is 67.6 Å². The van der Waals surface area contributed by atoms with Gasteiger partial charge in [0.2, 0.25) is 11.8 Å². The van der Waals surface area contributed by atoms with Crippen molar-refractivity contribution >= 4 is 27.5 Å². The van der Waals surface area contributed by atoms with Crippen LogP contribution in [-0.2, 0) is 26.2 Å². The number of nitrogens with one attached hydrogen (secondary N) is 1. The Labute approximate surface area is 213 Å². The van der Waals surface area contributed by atoms with Crippen LogP contribution in [0.3, 0.4) is 0 Å². The molecule has 0 unspecified atom stereocenters. The number of sulfonamides is 1. The highest BCUT2D eigenvalue weighted by molar-refractivity contribution is 7.92. The minimum Gasteiger partial charge on any atom is -0.357 e. The maximum Gasteiger partial charge on any atom is 0.264 e. The van der Waals surface area contributed by atoms with E-state index in [0.717, 1.165) is 21.0 Å². The number of rotatable bonds is 10. The molecule has 36 heavy (non-hydrogen) atoms. The normalized spacial score (nSPS) is 12.0. The van der Waals surface area contributed by atoms with Crippen LogP contribution in [-0.4, -0.2) is 44.8 Å². The molecule has 0 heterocycles. The van der Waals surface area contributed by atoms with Gasteiger partial charge in [-0.2, -0.15) is 0 Å². The van der Waals surface area contributed by atoms with E-state index in [2.05, 4.69) is 5.32 Å². The van der Waals surface area contributed by atoms with E-state index in [9.17, 15) is 18.0 Å². The molecule has 0 radical (unpaired) electrons. The van der Waals surface area contributed by atoms with Crippen LogP contribution in [0.25, 0.3) is 0 Å². The zero-order valence-electron chi connectivity index (χ0n) is 21.1. The lowest BCUT2D eigenvalue weighted by Gasteiger charge is -2.33. The average molecular weight is 508 g/mol. The Morgan fingerprint density at radius 3 is 2.11 bits per heavy atom. The largest absolute Gasteiger partial charge is 0.357 e. The molecule has 0 aromatic heterocycles. The Kier molecular flexibility index (Phi) is 8.88. The molecule has 1 atom stereocenters. The number of amides is 2. The molecule has 0 saturated carbocycles. The highest BCUT2D eigenvalue weighted by Crippen LogP contribution is 2.28. The molecule has 0 aliphatic heterocycles. The SMILES string of the molecule is CC[C@H](C(=O)NC)N(Cc1ccccc1)C(=O)CN(c1cc(C)ccc1C)S(=O)(=O)c1ccccc1. The van der Waals surface area contributed by atoms with Gasteiger partial charge in [0, 0.05) is 13.6 Å². The van der Waals surface area contributed by atoms with E-state index in [1.165, 1.54) is 24.1 Å². The molecule has 3 rings (SSSR count). The van der Waals surface area contributed by atoms with Gasteiger partial charge in [0.15, 0.2) is 0 Å². The quantitative estimate of drug-likeness (QED) is 0.449. The van der Waals surface area contributed by atoms with Crippen LogP contribution in [0.1, 0.15) is 30.0 Å². The lowest BCUT2D eigenvalue weighted by Crippen LogP contribution is -2.51. The molecule has 3 aromatic carbocycles. The van der Waals surface area contributed by atoms with Crippen molar-refractivity contribution in [3.8, 4) is 0 Å². The number of carbonyl (C=O) groups is 2. The maximum atomic E-state index is 13.9. The molecule has 8 heteroatoms. The van der Waals surface area contributed by atoms with E-state index in [1.54, 1.807) is 24.3 Å². The molecule has 0 bridgehead atoms. The van der Waals surface area contributed by atoms with Gasteiger partial charge in [0.05, 0.1) is 10.6 Å². The third kappa shape index (κ3) is 6.12. The summed E-state index contributed by atoms with van der Waals surface area (Å²) in [6.45, 7) is 5.25. The number of likely N-dealkylation sites (N-methyl/N-ethyl adjacent to an activating group) is 1. The summed E-state index contributed by atoms with van der Waals surface area (Å²) in [5.41, 5.74) is 2.87. The Balaban J connectivity index is 2.08. The van der Waals surface area contributed by atoms with E-state index in [1.807, 2.05) is 63.2 Å². The number of hydrogen-bond donors (Lipinski definition) is 1. The van der Waals surface area contributed by atoms with Crippen molar-refractivity contribution in [2.45, 2.75) is 44.7 Å². The van der Waals surface area contributed by atoms with E-state index in [0.29, 0.717) is 12.1 Å². The monoisotopic (exact) mass is 507 g/mol. The van der Waals surface area contributed by atoms with Crippen molar-refractivity contribution in [2.75, 3.05) is 17.9 Å². The number of anilines is 1. The molecule has 0 spiro atoms. The fourth-order valence-corrected chi connectivity index (χ4v) is 5.58. The van der Waals surface area contributed by atoms with E-state index < -0.39 is 28.5 Å². The summed E-state index contributed by atoms with van der Waals surface area (Å²) >= 11 is 0. The van der Waals surface area contributed by atoms with Crippen LogP contribution in [0.4, 0.5) is 5.69 Å². The first-order chi connectivity index (χ1) is 17.2. The van der Waals surface area contributed by atoms with Crippen LogP contribution >= 0.6 is 0 Å². The smallest absolute Gasteiger partial charge is 0.264 e. The molecule has 0 saturated heterocycles. The van der Waals surface area contributed by atoms with Crippen molar-refractivity contribution in [1.82, 2.24) is 10.2 Å². The summed E-state index contributed by atoms with van der Waals surface area (Å²) in [5.74, 6) is -0.763. The van der Waals surface area contributed by atoms with Crippen LogP contribution in [0.2, 0.25) is 0 Å². The van der Waals surface area contributed by atoms with Crippen LogP contribution < -0.4 is 9.62 Å².